The van der Waals surface area contributed by atoms with Gasteiger partial charge in [-0.2, -0.15) is 0 Å². The minimum atomic E-state index is -0.818. The molecule has 0 unspecified atom stereocenters. The van der Waals surface area contributed by atoms with E-state index < -0.39 is 11.6 Å². The maximum Gasteiger partial charge on any atom is 0.239 e. The van der Waals surface area contributed by atoms with Crippen molar-refractivity contribution in [2.24, 2.45) is 0 Å². The Hall–Kier alpha value is -1.36. The summed E-state index contributed by atoms with van der Waals surface area (Å²) in [6.07, 6.45) is 1.86. The molecule has 0 saturated carbocycles. The van der Waals surface area contributed by atoms with Gasteiger partial charge in [0.1, 0.15) is 5.82 Å². The fraction of sp³-hybridized carbons (Fsp3) is 0.417. The van der Waals surface area contributed by atoms with Crippen LogP contribution in [0.15, 0.2) is 12.1 Å². The molecule has 1 rings (SSSR count). The van der Waals surface area contributed by atoms with E-state index in [0.29, 0.717) is 12.6 Å². The molecule has 1 aromatic rings. The van der Waals surface area contributed by atoms with Crippen molar-refractivity contribution in [1.82, 2.24) is 5.32 Å². The molecule has 0 heterocycles. The van der Waals surface area contributed by atoms with Crippen LogP contribution in [-0.2, 0) is 4.79 Å². The third-order valence-electron chi connectivity index (χ3n) is 2.29. The van der Waals surface area contributed by atoms with Gasteiger partial charge in [0.15, 0.2) is 5.82 Å². The van der Waals surface area contributed by atoms with Crippen molar-refractivity contribution >= 4 is 23.2 Å². The molecule has 0 saturated heterocycles. The fourth-order valence-corrected chi connectivity index (χ4v) is 1.61. The van der Waals surface area contributed by atoms with E-state index in [2.05, 4.69) is 10.6 Å². The zero-order valence-corrected chi connectivity index (χ0v) is 10.8. The molecule has 0 spiro atoms. The normalized spacial score (nSPS) is 10.2. The Morgan fingerprint density at radius 1 is 1.39 bits per heavy atom. The summed E-state index contributed by atoms with van der Waals surface area (Å²) in [5, 5.41) is 5.12. The standard InChI is InChI=1S/C12H15ClF2N2O/c1-2-3-4-16-11(18)7-17-12-9(13)5-8(14)6-10(12)15/h5-6,17H,2-4,7H2,1H3,(H,16,18). The highest BCUT2D eigenvalue weighted by atomic mass is 35.5. The molecule has 3 nitrogen and oxygen atoms in total. The van der Waals surface area contributed by atoms with Crippen molar-refractivity contribution in [3.63, 3.8) is 0 Å². The lowest BCUT2D eigenvalue weighted by Gasteiger charge is -2.10. The molecule has 18 heavy (non-hydrogen) atoms. The minimum Gasteiger partial charge on any atom is -0.373 e. The molecule has 1 amide bonds. The van der Waals surface area contributed by atoms with E-state index in [-0.39, 0.29) is 23.2 Å². The highest BCUT2D eigenvalue weighted by Gasteiger charge is 2.10. The van der Waals surface area contributed by atoms with E-state index in [4.69, 9.17) is 11.6 Å². The summed E-state index contributed by atoms with van der Waals surface area (Å²) in [7, 11) is 0. The van der Waals surface area contributed by atoms with Crippen LogP contribution < -0.4 is 10.6 Å². The number of unbranched alkanes of at least 4 members (excludes halogenated alkanes) is 1. The number of rotatable bonds is 6. The number of amides is 1. The number of carbonyl (C=O) groups excluding carboxylic acids is 1. The van der Waals surface area contributed by atoms with E-state index >= 15 is 0 Å². The first-order valence-electron chi connectivity index (χ1n) is 5.69. The summed E-state index contributed by atoms with van der Waals surface area (Å²) in [6, 6.07) is 1.70. The average Bonchev–Trinajstić information content (AvgIpc) is 2.27. The molecule has 0 fully saturated rings. The highest BCUT2D eigenvalue weighted by Crippen LogP contribution is 2.25. The second kappa shape index (κ2) is 7.16. The Morgan fingerprint density at radius 2 is 2.11 bits per heavy atom. The van der Waals surface area contributed by atoms with Gasteiger partial charge < -0.3 is 10.6 Å². The van der Waals surface area contributed by atoms with Crippen LogP contribution in [0.25, 0.3) is 0 Å². The van der Waals surface area contributed by atoms with Crippen molar-refractivity contribution in [2.75, 3.05) is 18.4 Å². The fourth-order valence-electron chi connectivity index (χ4n) is 1.35. The first-order chi connectivity index (χ1) is 8.54. The summed E-state index contributed by atoms with van der Waals surface area (Å²) in [6.45, 7) is 2.49. The number of carbonyl (C=O) groups is 1. The van der Waals surface area contributed by atoms with Crippen LogP contribution in [0.2, 0.25) is 5.02 Å². The molecule has 100 valence electrons. The van der Waals surface area contributed by atoms with E-state index in [1.165, 1.54) is 0 Å². The van der Waals surface area contributed by atoms with Gasteiger partial charge in [-0.1, -0.05) is 24.9 Å². The quantitative estimate of drug-likeness (QED) is 0.785. The SMILES string of the molecule is CCCCNC(=O)CNc1c(F)cc(F)cc1Cl. The molecule has 6 heteroatoms. The molecular formula is C12H15ClF2N2O. The van der Waals surface area contributed by atoms with Crippen LogP contribution in [0.3, 0.4) is 0 Å². The lowest BCUT2D eigenvalue weighted by molar-refractivity contribution is -0.119. The van der Waals surface area contributed by atoms with Gasteiger partial charge in [-0.25, -0.2) is 8.78 Å². The molecule has 0 radical (unpaired) electrons. The summed E-state index contributed by atoms with van der Waals surface area (Å²) in [4.78, 5) is 11.4. The summed E-state index contributed by atoms with van der Waals surface area (Å²) in [5.74, 6) is -1.83. The predicted molar refractivity (Wildman–Crippen MR) is 67.8 cm³/mol. The van der Waals surface area contributed by atoms with E-state index in [1.54, 1.807) is 0 Å². The number of hydrogen-bond acceptors (Lipinski definition) is 2. The number of hydrogen-bond donors (Lipinski definition) is 2. The van der Waals surface area contributed by atoms with Crippen LogP contribution in [0, 0.1) is 11.6 Å². The van der Waals surface area contributed by atoms with Gasteiger partial charge in [0.05, 0.1) is 17.3 Å². The largest absolute Gasteiger partial charge is 0.373 e. The van der Waals surface area contributed by atoms with Crippen LogP contribution in [0.5, 0.6) is 0 Å². The van der Waals surface area contributed by atoms with Crippen LogP contribution in [0.1, 0.15) is 19.8 Å². The molecule has 0 atom stereocenters. The third-order valence-corrected chi connectivity index (χ3v) is 2.58. The van der Waals surface area contributed by atoms with Crippen LogP contribution in [0.4, 0.5) is 14.5 Å². The molecule has 0 aliphatic rings. The first-order valence-corrected chi connectivity index (χ1v) is 6.07. The lowest BCUT2D eigenvalue weighted by atomic mass is 10.3. The van der Waals surface area contributed by atoms with Crippen molar-refractivity contribution in [3.05, 3.63) is 28.8 Å². The second-order valence-corrected chi connectivity index (χ2v) is 4.21. The topological polar surface area (TPSA) is 41.1 Å². The average molecular weight is 277 g/mol. The molecular weight excluding hydrogens is 262 g/mol. The minimum absolute atomic E-state index is 0.0660. The van der Waals surface area contributed by atoms with E-state index in [1.807, 2.05) is 6.92 Å². The smallest absolute Gasteiger partial charge is 0.239 e. The van der Waals surface area contributed by atoms with Crippen molar-refractivity contribution in [3.8, 4) is 0 Å². The Morgan fingerprint density at radius 3 is 2.72 bits per heavy atom. The number of benzene rings is 1. The highest BCUT2D eigenvalue weighted by molar-refractivity contribution is 6.33. The Kier molecular flexibility index (Phi) is 5.85. The number of anilines is 1. The summed E-state index contributed by atoms with van der Waals surface area (Å²) < 4.78 is 26.1. The number of nitrogens with one attached hydrogen (secondary N) is 2. The molecule has 0 aliphatic carbocycles. The van der Waals surface area contributed by atoms with Gasteiger partial charge in [0, 0.05) is 12.6 Å². The Bertz CT molecular complexity index is 404. The van der Waals surface area contributed by atoms with E-state index in [9.17, 15) is 13.6 Å². The van der Waals surface area contributed by atoms with E-state index in [0.717, 1.165) is 18.9 Å². The predicted octanol–water partition coefficient (Wildman–Crippen LogP) is 2.95. The third kappa shape index (κ3) is 4.49. The van der Waals surface area contributed by atoms with Crippen molar-refractivity contribution in [1.29, 1.82) is 0 Å². The van der Waals surface area contributed by atoms with Gasteiger partial charge in [0.2, 0.25) is 5.91 Å². The molecule has 2 N–H and O–H groups in total. The Labute approximate surface area is 110 Å². The van der Waals surface area contributed by atoms with Crippen molar-refractivity contribution < 1.29 is 13.6 Å². The molecule has 1 aromatic carbocycles. The molecule has 0 aliphatic heterocycles. The summed E-state index contributed by atoms with van der Waals surface area (Å²) >= 11 is 5.67. The van der Waals surface area contributed by atoms with Gasteiger partial charge in [-0.05, 0) is 12.5 Å². The maximum atomic E-state index is 13.3. The molecule has 0 aromatic heterocycles. The monoisotopic (exact) mass is 276 g/mol. The second-order valence-electron chi connectivity index (χ2n) is 3.80. The van der Waals surface area contributed by atoms with Gasteiger partial charge >= 0.3 is 0 Å². The first kappa shape index (κ1) is 14.7. The van der Waals surface area contributed by atoms with Crippen molar-refractivity contribution in [2.45, 2.75) is 19.8 Å². The van der Waals surface area contributed by atoms with Crippen LogP contribution in [-0.4, -0.2) is 19.0 Å². The molecule has 0 bridgehead atoms. The lowest BCUT2D eigenvalue weighted by Crippen LogP contribution is -2.30. The van der Waals surface area contributed by atoms with Crippen LogP contribution >= 0.6 is 11.6 Å². The zero-order chi connectivity index (χ0) is 13.5. The maximum absolute atomic E-state index is 13.3. The number of halogens is 3. The van der Waals surface area contributed by atoms with Gasteiger partial charge in [-0.15, -0.1) is 0 Å². The Balaban J connectivity index is 2.51. The van der Waals surface area contributed by atoms with Gasteiger partial charge in [-0.3, -0.25) is 4.79 Å². The zero-order valence-electron chi connectivity index (χ0n) is 10.0. The summed E-state index contributed by atoms with van der Waals surface area (Å²) in [5.41, 5.74) is -0.0660. The van der Waals surface area contributed by atoms with Gasteiger partial charge in [0.25, 0.3) is 0 Å².